The van der Waals surface area contributed by atoms with Crippen molar-refractivity contribution in [3.63, 3.8) is 0 Å². The quantitative estimate of drug-likeness (QED) is 0.645. The molecule has 0 aliphatic carbocycles. The number of imide groups is 1. The number of aryl methyl sites for hydroxylation is 1. The summed E-state index contributed by atoms with van der Waals surface area (Å²) in [6.45, 7) is 1.91. The van der Waals surface area contributed by atoms with Crippen LogP contribution in [0.2, 0.25) is 0 Å². The maximum atomic E-state index is 12.5. The van der Waals surface area contributed by atoms with Gasteiger partial charge in [0.25, 0.3) is 11.8 Å². The van der Waals surface area contributed by atoms with Gasteiger partial charge in [-0.15, -0.1) is 0 Å². The van der Waals surface area contributed by atoms with Crippen LogP contribution in [0.15, 0.2) is 40.9 Å². The van der Waals surface area contributed by atoms with Crippen molar-refractivity contribution in [2.45, 2.75) is 6.92 Å². The molecule has 0 atom stereocenters. The van der Waals surface area contributed by atoms with Gasteiger partial charge in [-0.05, 0) is 52.7 Å². The fraction of sp³-hybridized carbons (Fsp3) is 0.0667. The molecular formula is C15H11BrN2O2. The first-order valence-corrected chi connectivity index (χ1v) is 6.83. The first-order valence-electron chi connectivity index (χ1n) is 6.04. The average molecular weight is 331 g/mol. The lowest BCUT2D eigenvalue weighted by Crippen LogP contribution is -2.29. The van der Waals surface area contributed by atoms with E-state index in [1.807, 2.05) is 19.1 Å². The second-order valence-electron chi connectivity index (χ2n) is 4.67. The van der Waals surface area contributed by atoms with Crippen molar-refractivity contribution in [1.29, 1.82) is 0 Å². The molecule has 0 spiro atoms. The van der Waals surface area contributed by atoms with Crippen molar-refractivity contribution >= 4 is 39.1 Å². The van der Waals surface area contributed by atoms with Gasteiger partial charge < -0.3 is 5.73 Å². The van der Waals surface area contributed by atoms with Crippen LogP contribution in [0, 0.1) is 6.92 Å². The van der Waals surface area contributed by atoms with Crippen LogP contribution in [0.5, 0.6) is 0 Å². The van der Waals surface area contributed by atoms with Crippen LogP contribution in [0.4, 0.5) is 11.4 Å². The Hall–Kier alpha value is -2.14. The second-order valence-corrected chi connectivity index (χ2v) is 5.52. The van der Waals surface area contributed by atoms with Crippen molar-refractivity contribution < 1.29 is 9.59 Å². The number of halogens is 1. The van der Waals surface area contributed by atoms with Crippen LogP contribution < -0.4 is 10.6 Å². The zero-order chi connectivity index (χ0) is 14.4. The molecule has 4 nitrogen and oxygen atoms in total. The van der Waals surface area contributed by atoms with Crippen molar-refractivity contribution in [1.82, 2.24) is 0 Å². The van der Waals surface area contributed by atoms with Crippen LogP contribution in [-0.2, 0) is 0 Å². The summed E-state index contributed by atoms with van der Waals surface area (Å²) in [6, 6.07) is 10.4. The molecule has 0 fully saturated rings. The Bertz CT molecular complexity index is 756. The number of carbonyl (C=O) groups excluding carboxylic acids is 2. The third kappa shape index (κ3) is 1.74. The largest absolute Gasteiger partial charge is 0.398 e. The van der Waals surface area contributed by atoms with Gasteiger partial charge in [0.1, 0.15) is 0 Å². The SMILES string of the molecule is Cc1ccc(Br)c(N2C(=O)c3cccc(N)c3C2=O)c1. The van der Waals surface area contributed by atoms with Gasteiger partial charge in [-0.25, -0.2) is 4.90 Å². The van der Waals surface area contributed by atoms with Crippen molar-refractivity contribution in [3.05, 3.63) is 57.6 Å². The Morgan fingerprint density at radius 1 is 1.10 bits per heavy atom. The summed E-state index contributed by atoms with van der Waals surface area (Å²) in [5, 5.41) is 0. The molecule has 2 N–H and O–H groups in total. The van der Waals surface area contributed by atoms with Gasteiger partial charge in [0, 0.05) is 10.2 Å². The van der Waals surface area contributed by atoms with Crippen molar-refractivity contribution in [2.24, 2.45) is 0 Å². The lowest BCUT2D eigenvalue weighted by atomic mass is 10.1. The van der Waals surface area contributed by atoms with E-state index < -0.39 is 0 Å². The van der Waals surface area contributed by atoms with E-state index in [0.29, 0.717) is 21.4 Å². The fourth-order valence-corrected chi connectivity index (χ4v) is 2.75. The molecule has 2 aromatic carbocycles. The first-order chi connectivity index (χ1) is 9.50. The van der Waals surface area contributed by atoms with Gasteiger partial charge in [0.2, 0.25) is 0 Å². The third-order valence-corrected chi connectivity index (χ3v) is 3.96. The molecule has 0 aromatic heterocycles. The van der Waals surface area contributed by atoms with Crippen LogP contribution in [-0.4, -0.2) is 11.8 Å². The molecule has 0 saturated heterocycles. The van der Waals surface area contributed by atoms with Gasteiger partial charge in [-0.3, -0.25) is 9.59 Å². The van der Waals surface area contributed by atoms with Crippen LogP contribution in [0.25, 0.3) is 0 Å². The molecule has 0 saturated carbocycles. The first kappa shape index (κ1) is 12.9. The van der Waals surface area contributed by atoms with E-state index >= 15 is 0 Å². The van der Waals surface area contributed by atoms with Gasteiger partial charge in [0.05, 0.1) is 16.8 Å². The highest BCUT2D eigenvalue weighted by Gasteiger charge is 2.38. The van der Waals surface area contributed by atoms with E-state index in [1.54, 1.807) is 24.3 Å². The number of nitrogens with zero attached hydrogens (tertiary/aromatic N) is 1. The molecule has 5 heteroatoms. The Labute approximate surface area is 124 Å². The zero-order valence-corrected chi connectivity index (χ0v) is 12.3. The summed E-state index contributed by atoms with van der Waals surface area (Å²) >= 11 is 3.38. The topological polar surface area (TPSA) is 63.4 Å². The molecule has 1 aliphatic heterocycles. The number of hydrogen-bond acceptors (Lipinski definition) is 3. The average Bonchev–Trinajstić information content (AvgIpc) is 2.66. The fourth-order valence-electron chi connectivity index (χ4n) is 2.32. The van der Waals surface area contributed by atoms with E-state index in [1.165, 1.54) is 0 Å². The number of anilines is 2. The minimum Gasteiger partial charge on any atom is -0.398 e. The Kier molecular flexibility index (Phi) is 2.87. The van der Waals surface area contributed by atoms with Crippen LogP contribution in [0.3, 0.4) is 0 Å². The maximum absolute atomic E-state index is 12.5. The predicted molar refractivity (Wildman–Crippen MR) is 80.9 cm³/mol. The van der Waals surface area contributed by atoms with E-state index in [4.69, 9.17) is 5.73 Å². The number of nitrogens with two attached hydrogens (primary N) is 1. The molecular weight excluding hydrogens is 320 g/mol. The van der Waals surface area contributed by atoms with E-state index in [2.05, 4.69) is 15.9 Å². The lowest BCUT2D eigenvalue weighted by Gasteiger charge is -2.16. The zero-order valence-electron chi connectivity index (χ0n) is 10.7. The standard InChI is InChI=1S/C15H11BrN2O2/c1-8-5-6-10(16)12(7-8)18-14(19)9-3-2-4-11(17)13(9)15(18)20/h2-7H,17H2,1H3. The Morgan fingerprint density at radius 2 is 1.85 bits per heavy atom. The molecule has 100 valence electrons. The number of rotatable bonds is 1. The normalized spacial score (nSPS) is 13.8. The summed E-state index contributed by atoms with van der Waals surface area (Å²) in [4.78, 5) is 26.1. The minimum atomic E-state index is -0.380. The summed E-state index contributed by atoms with van der Waals surface area (Å²) in [5.74, 6) is -0.724. The molecule has 0 bridgehead atoms. The summed E-state index contributed by atoms with van der Waals surface area (Å²) in [7, 11) is 0. The number of fused-ring (bicyclic) bond motifs is 1. The molecule has 0 radical (unpaired) electrons. The smallest absolute Gasteiger partial charge is 0.268 e. The summed E-state index contributed by atoms with van der Waals surface area (Å²) < 4.78 is 0.691. The monoisotopic (exact) mass is 330 g/mol. The lowest BCUT2D eigenvalue weighted by molar-refractivity contribution is 0.0926. The van der Waals surface area contributed by atoms with Gasteiger partial charge in [-0.2, -0.15) is 0 Å². The van der Waals surface area contributed by atoms with Gasteiger partial charge >= 0.3 is 0 Å². The summed E-state index contributed by atoms with van der Waals surface area (Å²) in [5.41, 5.74) is 8.28. The Balaban J connectivity index is 2.19. The molecule has 2 aromatic rings. The van der Waals surface area contributed by atoms with E-state index in [0.717, 1.165) is 10.5 Å². The van der Waals surface area contributed by atoms with Crippen LogP contribution in [0.1, 0.15) is 26.3 Å². The highest BCUT2D eigenvalue weighted by Crippen LogP contribution is 2.35. The van der Waals surface area contributed by atoms with Crippen molar-refractivity contribution in [3.8, 4) is 0 Å². The van der Waals surface area contributed by atoms with Crippen LogP contribution >= 0.6 is 15.9 Å². The number of carbonyl (C=O) groups is 2. The van der Waals surface area contributed by atoms with Gasteiger partial charge in [0.15, 0.2) is 0 Å². The molecule has 1 aliphatic rings. The van der Waals surface area contributed by atoms with E-state index in [9.17, 15) is 9.59 Å². The number of benzene rings is 2. The number of hydrogen-bond donors (Lipinski definition) is 1. The van der Waals surface area contributed by atoms with E-state index in [-0.39, 0.29) is 17.4 Å². The maximum Gasteiger partial charge on any atom is 0.268 e. The molecule has 0 unspecified atom stereocenters. The molecule has 3 rings (SSSR count). The molecule has 1 heterocycles. The number of nitrogen functional groups attached to an aromatic ring is 1. The second kappa shape index (κ2) is 4.45. The summed E-state index contributed by atoms with van der Waals surface area (Å²) in [6.07, 6.45) is 0. The molecule has 20 heavy (non-hydrogen) atoms. The molecule has 2 amide bonds. The highest BCUT2D eigenvalue weighted by molar-refractivity contribution is 9.10. The number of amides is 2. The van der Waals surface area contributed by atoms with Gasteiger partial charge in [-0.1, -0.05) is 12.1 Å². The predicted octanol–water partition coefficient (Wildman–Crippen LogP) is 3.14. The Morgan fingerprint density at radius 3 is 2.55 bits per heavy atom. The third-order valence-electron chi connectivity index (χ3n) is 3.29. The van der Waals surface area contributed by atoms with Crippen molar-refractivity contribution in [2.75, 3.05) is 10.6 Å². The highest BCUT2D eigenvalue weighted by atomic mass is 79.9. The minimum absolute atomic E-state index is 0.283.